The molecule has 5 nitrogen and oxygen atoms in total. The minimum Gasteiger partial charge on any atom is -0.346 e. The first-order valence-corrected chi connectivity index (χ1v) is 7.12. The van der Waals surface area contributed by atoms with E-state index >= 15 is 0 Å². The first-order chi connectivity index (χ1) is 10.5. The molecule has 0 saturated heterocycles. The number of nitrogens with one attached hydrogen (secondary N) is 1. The number of rotatable bonds is 3. The Balaban J connectivity index is 1.84. The van der Waals surface area contributed by atoms with Gasteiger partial charge in [0, 0.05) is 35.5 Å². The molecule has 0 aliphatic rings. The van der Waals surface area contributed by atoms with E-state index in [9.17, 15) is 9.59 Å². The van der Waals surface area contributed by atoms with E-state index in [2.05, 4.69) is 5.32 Å². The smallest absolute Gasteiger partial charge is 0.275 e. The normalized spacial score (nSPS) is 10.8. The van der Waals surface area contributed by atoms with Crippen molar-refractivity contribution in [2.75, 3.05) is 5.32 Å². The summed E-state index contributed by atoms with van der Waals surface area (Å²) < 4.78 is 3.14. The molecule has 2 heterocycles. The van der Waals surface area contributed by atoms with Gasteiger partial charge in [-0.3, -0.25) is 9.59 Å². The second-order valence-electron chi connectivity index (χ2n) is 5.04. The molecule has 0 fully saturated rings. The third-order valence-corrected chi connectivity index (χ3v) is 3.66. The molecule has 2 aromatic heterocycles. The molecule has 0 spiro atoms. The van der Waals surface area contributed by atoms with Gasteiger partial charge < -0.3 is 14.5 Å². The highest BCUT2D eigenvalue weighted by Gasteiger charge is 2.09. The van der Waals surface area contributed by atoms with Crippen molar-refractivity contribution in [3.8, 4) is 0 Å². The Labute approximate surface area is 131 Å². The summed E-state index contributed by atoms with van der Waals surface area (Å²) in [6.07, 6.45) is 3.45. The van der Waals surface area contributed by atoms with Gasteiger partial charge in [-0.15, -0.1) is 0 Å². The molecule has 0 aliphatic heterocycles. The van der Waals surface area contributed by atoms with Crippen LogP contribution in [0.4, 0.5) is 5.69 Å². The van der Waals surface area contributed by atoms with Gasteiger partial charge >= 0.3 is 0 Å². The van der Waals surface area contributed by atoms with Crippen LogP contribution in [0.3, 0.4) is 0 Å². The molecule has 112 valence electrons. The van der Waals surface area contributed by atoms with Gasteiger partial charge in [-0.05, 0) is 30.3 Å². The van der Waals surface area contributed by atoms with Crippen LogP contribution >= 0.6 is 11.6 Å². The molecule has 0 aliphatic carbocycles. The van der Waals surface area contributed by atoms with Gasteiger partial charge in [0.25, 0.3) is 5.56 Å². The van der Waals surface area contributed by atoms with Gasteiger partial charge in [0.15, 0.2) is 0 Å². The standard InChI is InChI=1S/C16H14ClN3O2/c1-19-7-5-11-6-8-20(16(22)15(11)19)10-14(21)18-13-4-2-3-12(17)9-13/h2-9H,10H2,1H3,(H,18,21). The number of aromatic nitrogens is 2. The van der Waals surface area contributed by atoms with Crippen molar-refractivity contribution in [2.24, 2.45) is 7.05 Å². The SMILES string of the molecule is Cn1ccc2ccn(CC(=O)Nc3cccc(Cl)c3)c(=O)c21. The van der Waals surface area contributed by atoms with Crippen LogP contribution in [0, 0.1) is 0 Å². The Morgan fingerprint density at radius 2 is 2.00 bits per heavy atom. The van der Waals surface area contributed by atoms with Crippen molar-refractivity contribution in [1.29, 1.82) is 0 Å². The monoisotopic (exact) mass is 315 g/mol. The number of hydrogen-bond donors (Lipinski definition) is 1. The van der Waals surface area contributed by atoms with Crippen molar-refractivity contribution in [1.82, 2.24) is 9.13 Å². The number of carbonyl (C=O) groups is 1. The summed E-state index contributed by atoms with van der Waals surface area (Å²) >= 11 is 5.87. The van der Waals surface area contributed by atoms with Crippen LogP contribution in [0.25, 0.3) is 10.9 Å². The highest BCUT2D eigenvalue weighted by atomic mass is 35.5. The maximum absolute atomic E-state index is 12.4. The van der Waals surface area contributed by atoms with Gasteiger partial charge in [0.05, 0.1) is 0 Å². The van der Waals surface area contributed by atoms with E-state index < -0.39 is 0 Å². The zero-order valence-corrected chi connectivity index (χ0v) is 12.7. The van der Waals surface area contributed by atoms with E-state index in [1.165, 1.54) is 4.57 Å². The number of hydrogen-bond acceptors (Lipinski definition) is 2. The number of fused-ring (bicyclic) bond motifs is 1. The lowest BCUT2D eigenvalue weighted by molar-refractivity contribution is -0.116. The average molecular weight is 316 g/mol. The number of nitrogens with zero attached hydrogens (tertiary/aromatic N) is 2. The Hall–Kier alpha value is -2.53. The van der Waals surface area contributed by atoms with Crippen LogP contribution < -0.4 is 10.9 Å². The van der Waals surface area contributed by atoms with E-state index in [0.717, 1.165) is 5.39 Å². The number of aryl methyl sites for hydroxylation is 1. The van der Waals surface area contributed by atoms with Gasteiger partial charge in [0.1, 0.15) is 12.1 Å². The molecule has 0 bridgehead atoms. The van der Waals surface area contributed by atoms with Crippen LogP contribution in [-0.4, -0.2) is 15.0 Å². The third kappa shape index (κ3) is 2.76. The highest BCUT2D eigenvalue weighted by molar-refractivity contribution is 6.30. The van der Waals surface area contributed by atoms with Gasteiger partial charge in [-0.1, -0.05) is 17.7 Å². The molecule has 0 saturated carbocycles. The summed E-state index contributed by atoms with van der Waals surface area (Å²) in [5.74, 6) is -0.280. The number of benzene rings is 1. The van der Waals surface area contributed by atoms with Gasteiger partial charge in [-0.25, -0.2) is 0 Å². The summed E-state index contributed by atoms with van der Waals surface area (Å²) in [7, 11) is 1.81. The maximum Gasteiger partial charge on any atom is 0.275 e. The largest absolute Gasteiger partial charge is 0.346 e. The van der Waals surface area contributed by atoms with Crippen molar-refractivity contribution in [3.63, 3.8) is 0 Å². The quantitative estimate of drug-likeness (QED) is 0.808. The second kappa shape index (κ2) is 5.69. The zero-order valence-electron chi connectivity index (χ0n) is 11.9. The molecule has 1 N–H and O–H groups in total. The highest BCUT2D eigenvalue weighted by Crippen LogP contribution is 2.15. The Bertz CT molecular complexity index is 911. The fourth-order valence-corrected chi connectivity index (χ4v) is 2.57. The summed E-state index contributed by atoms with van der Waals surface area (Å²) in [5.41, 5.74) is 0.995. The molecular weight excluding hydrogens is 302 g/mol. The predicted molar refractivity (Wildman–Crippen MR) is 87.3 cm³/mol. The number of halogens is 1. The first kappa shape index (κ1) is 14.4. The van der Waals surface area contributed by atoms with Crippen LogP contribution in [0.5, 0.6) is 0 Å². The third-order valence-electron chi connectivity index (χ3n) is 3.42. The van der Waals surface area contributed by atoms with Crippen LogP contribution in [0.1, 0.15) is 0 Å². The Morgan fingerprint density at radius 1 is 1.23 bits per heavy atom. The van der Waals surface area contributed by atoms with Gasteiger partial charge in [-0.2, -0.15) is 0 Å². The summed E-state index contributed by atoms with van der Waals surface area (Å²) in [5, 5.41) is 4.13. The lowest BCUT2D eigenvalue weighted by Crippen LogP contribution is -2.27. The topological polar surface area (TPSA) is 56.0 Å². The lowest BCUT2D eigenvalue weighted by Gasteiger charge is -2.08. The fourth-order valence-electron chi connectivity index (χ4n) is 2.38. The van der Waals surface area contributed by atoms with Crippen LogP contribution in [-0.2, 0) is 18.4 Å². The van der Waals surface area contributed by atoms with E-state index in [4.69, 9.17) is 11.6 Å². The van der Waals surface area contributed by atoms with Crippen LogP contribution in [0.15, 0.2) is 53.6 Å². The molecule has 0 atom stereocenters. The van der Waals surface area contributed by atoms with Gasteiger partial charge in [0.2, 0.25) is 5.91 Å². The maximum atomic E-state index is 12.4. The molecule has 1 aromatic carbocycles. The number of amides is 1. The molecule has 0 radical (unpaired) electrons. The molecule has 6 heteroatoms. The summed E-state index contributed by atoms with van der Waals surface area (Å²) in [4.78, 5) is 24.5. The van der Waals surface area contributed by atoms with Crippen molar-refractivity contribution >= 4 is 34.1 Å². The van der Waals surface area contributed by atoms with Crippen molar-refractivity contribution in [3.05, 3.63) is 64.2 Å². The molecule has 22 heavy (non-hydrogen) atoms. The minimum absolute atomic E-state index is 0.0491. The van der Waals surface area contributed by atoms with E-state index in [-0.39, 0.29) is 18.0 Å². The lowest BCUT2D eigenvalue weighted by atomic mass is 10.3. The summed E-state index contributed by atoms with van der Waals surface area (Å²) in [6, 6.07) is 10.6. The second-order valence-corrected chi connectivity index (χ2v) is 5.47. The molecule has 0 unspecified atom stereocenters. The van der Waals surface area contributed by atoms with Crippen LogP contribution in [0.2, 0.25) is 5.02 Å². The van der Waals surface area contributed by atoms with E-state index in [0.29, 0.717) is 16.2 Å². The van der Waals surface area contributed by atoms with Crippen molar-refractivity contribution < 1.29 is 4.79 Å². The molecule has 1 amide bonds. The van der Waals surface area contributed by atoms with E-state index in [1.807, 2.05) is 18.3 Å². The number of pyridine rings is 1. The molecule has 3 aromatic rings. The number of carbonyl (C=O) groups excluding carboxylic acids is 1. The Kier molecular flexibility index (Phi) is 3.73. The summed E-state index contributed by atoms with van der Waals surface area (Å²) in [6.45, 7) is -0.0491. The minimum atomic E-state index is -0.280. The average Bonchev–Trinajstić information content (AvgIpc) is 2.84. The first-order valence-electron chi connectivity index (χ1n) is 6.74. The fraction of sp³-hybridized carbons (Fsp3) is 0.125. The predicted octanol–water partition coefficient (Wildman–Crippen LogP) is 2.63. The Morgan fingerprint density at radius 3 is 2.77 bits per heavy atom. The van der Waals surface area contributed by atoms with Crippen molar-refractivity contribution in [2.45, 2.75) is 6.54 Å². The molecule has 3 rings (SSSR count). The van der Waals surface area contributed by atoms with E-state index in [1.54, 1.807) is 42.1 Å². The zero-order chi connectivity index (χ0) is 15.7. The molecular formula is C16H14ClN3O2. The number of anilines is 1.